The molecule has 0 bridgehead atoms. The van der Waals surface area contributed by atoms with E-state index < -0.39 is 5.41 Å². The van der Waals surface area contributed by atoms with Gasteiger partial charge in [0.05, 0.1) is 18.6 Å². The molecule has 4 nitrogen and oxygen atoms in total. The predicted octanol–water partition coefficient (Wildman–Crippen LogP) is 4.36. The highest BCUT2D eigenvalue weighted by Crippen LogP contribution is 2.51. The van der Waals surface area contributed by atoms with Crippen molar-refractivity contribution in [2.45, 2.75) is 24.3 Å². The van der Waals surface area contributed by atoms with Gasteiger partial charge in [0.15, 0.2) is 0 Å². The molecule has 1 aliphatic carbocycles. The number of para-hydroxylation sites is 1. The van der Waals surface area contributed by atoms with Crippen molar-refractivity contribution < 1.29 is 9.53 Å². The van der Waals surface area contributed by atoms with Gasteiger partial charge in [-0.2, -0.15) is 0 Å². The molecule has 0 saturated heterocycles. The summed E-state index contributed by atoms with van der Waals surface area (Å²) in [5.74, 6) is 0.895. The Morgan fingerprint density at radius 1 is 1.18 bits per heavy atom. The number of hydrogen-bond acceptors (Lipinski definition) is 4. The third-order valence-corrected chi connectivity index (χ3v) is 6.74. The van der Waals surface area contributed by atoms with Crippen molar-refractivity contribution in [1.82, 2.24) is 10.2 Å². The maximum absolute atomic E-state index is 13.2. The molecule has 1 N–H and O–H groups in total. The summed E-state index contributed by atoms with van der Waals surface area (Å²) in [4.78, 5) is 15.4. The zero-order chi connectivity index (χ0) is 19.7. The number of carbonyl (C=O) groups excluding carboxylic acids is 1. The van der Waals surface area contributed by atoms with Crippen LogP contribution in [0.3, 0.4) is 0 Å². The van der Waals surface area contributed by atoms with Crippen molar-refractivity contribution in [2.24, 2.45) is 0 Å². The Labute approximate surface area is 170 Å². The smallest absolute Gasteiger partial charge is 0.230 e. The number of methoxy groups -OCH3 is 1. The first-order chi connectivity index (χ1) is 13.6. The summed E-state index contributed by atoms with van der Waals surface area (Å²) >= 11 is 1.76. The van der Waals surface area contributed by atoms with Crippen LogP contribution in [-0.4, -0.2) is 38.6 Å². The SMILES string of the molecule is COc1ccccc1C1(C(=O)NCC(c2csc3ccccc23)N(C)C)CC1. The number of likely N-dealkylation sites (N-methyl/N-ethyl adjacent to an activating group) is 1. The Morgan fingerprint density at radius 3 is 2.61 bits per heavy atom. The number of rotatable bonds is 7. The molecular formula is C23H26N2O2S. The van der Waals surface area contributed by atoms with Crippen molar-refractivity contribution in [2.75, 3.05) is 27.7 Å². The van der Waals surface area contributed by atoms with Crippen molar-refractivity contribution in [1.29, 1.82) is 0 Å². The van der Waals surface area contributed by atoms with Crippen LogP contribution in [0, 0.1) is 0 Å². The molecule has 146 valence electrons. The molecule has 1 fully saturated rings. The Morgan fingerprint density at radius 2 is 1.89 bits per heavy atom. The van der Waals surface area contributed by atoms with E-state index in [0.717, 1.165) is 24.2 Å². The van der Waals surface area contributed by atoms with Crippen LogP contribution >= 0.6 is 11.3 Å². The van der Waals surface area contributed by atoms with E-state index in [2.05, 4.69) is 54.0 Å². The molecule has 1 saturated carbocycles. The number of nitrogens with one attached hydrogen (secondary N) is 1. The third-order valence-electron chi connectivity index (χ3n) is 5.76. The lowest BCUT2D eigenvalue weighted by Gasteiger charge is -2.26. The molecule has 3 aromatic rings. The summed E-state index contributed by atoms with van der Waals surface area (Å²) in [6, 6.07) is 16.5. The van der Waals surface area contributed by atoms with Crippen molar-refractivity contribution in [3.8, 4) is 5.75 Å². The number of nitrogens with zero attached hydrogens (tertiary/aromatic N) is 1. The summed E-state index contributed by atoms with van der Waals surface area (Å²) in [5, 5.41) is 6.72. The van der Waals surface area contributed by atoms with E-state index in [4.69, 9.17) is 4.74 Å². The molecule has 1 unspecified atom stereocenters. The molecule has 5 heteroatoms. The van der Waals surface area contributed by atoms with Crippen molar-refractivity contribution in [3.63, 3.8) is 0 Å². The minimum absolute atomic E-state index is 0.100. The van der Waals surface area contributed by atoms with Crippen LogP contribution in [-0.2, 0) is 10.2 Å². The molecular weight excluding hydrogens is 368 g/mol. The Kier molecular flexibility index (Phi) is 5.13. The van der Waals surface area contributed by atoms with Gasteiger partial charge >= 0.3 is 0 Å². The van der Waals surface area contributed by atoms with E-state index >= 15 is 0 Å². The van der Waals surface area contributed by atoms with Gasteiger partial charge in [0, 0.05) is 16.8 Å². The van der Waals surface area contributed by atoms with Crippen LogP contribution in [0.15, 0.2) is 53.9 Å². The average molecular weight is 395 g/mol. The highest BCUT2D eigenvalue weighted by molar-refractivity contribution is 7.17. The zero-order valence-corrected chi connectivity index (χ0v) is 17.4. The summed E-state index contributed by atoms with van der Waals surface area (Å²) in [6.45, 7) is 0.587. The fraction of sp³-hybridized carbons (Fsp3) is 0.348. The van der Waals surface area contributed by atoms with Gasteiger partial charge in [0.1, 0.15) is 5.75 Å². The van der Waals surface area contributed by atoms with Gasteiger partial charge in [-0.3, -0.25) is 4.79 Å². The minimum atomic E-state index is -0.444. The first kappa shape index (κ1) is 19.0. The lowest BCUT2D eigenvalue weighted by atomic mass is 9.93. The van der Waals surface area contributed by atoms with Crippen LogP contribution in [0.1, 0.15) is 30.0 Å². The lowest BCUT2D eigenvalue weighted by Crippen LogP contribution is -2.40. The third kappa shape index (κ3) is 3.29. The number of benzene rings is 2. The maximum atomic E-state index is 13.2. The van der Waals surface area contributed by atoms with Crippen LogP contribution in [0.2, 0.25) is 0 Å². The number of amides is 1. The molecule has 1 aliphatic rings. The van der Waals surface area contributed by atoms with E-state index in [1.165, 1.54) is 15.6 Å². The van der Waals surface area contributed by atoms with Gasteiger partial charge in [-0.25, -0.2) is 0 Å². The predicted molar refractivity (Wildman–Crippen MR) is 115 cm³/mol. The van der Waals surface area contributed by atoms with E-state index in [-0.39, 0.29) is 11.9 Å². The van der Waals surface area contributed by atoms with Gasteiger partial charge in [-0.05, 0) is 55.4 Å². The largest absolute Gasteiger partial charge is 0.496 e. The Hall–Kier alpha value is -2.37. The quantitative estimate of drug-likeness (QED) is 0.647. The topological polar surface area (TPSA) is 41.6 Å². The number of thiophene rings is 1. The molecule has 4 rings (SSSR count). The fourth-order valence-corrected chi connectivity index (χ4v) is 4.98. The second-order valence-corrected chi connectivity index (χ2v) is 8.57. The maximum Gasteiger partial charge on any atom is 0.230 e. The molecule has 1 heterocycles. The summed E-state index contributed by atoms with van der Waals surface area (Å²) < 4.78 is 6.79. The molecule has 1 amide bonds. The molecule has 1 aromatic heterocycles. The summed E-state index contributed by atoms with van der Waals surface area (Å²) in [7, 11) is 5.79. The molecule has 2 aromatic carbocycles. The number of hydrogen-bond donors (Lipinski definition) is 1. The number of carbonyl (C=O) groups is 1. The second-order valence-electron chi connectivity index (χ2n) is 7.66. The fourth-order valence-electron chi connectivity index (χ4n) is 3.97. The highest BCUT2D eigenvalue weighted by Gasteiger charge is 2.52. The molecule has 28 heavy (non-hydrogen) atoms. The van der Waals surface area contributed by atoms with Gasteiger partial charge in [-0.15, -0.1) is 11.3 Å². The van der Waals surface area contributed by atoms with Crippen LogP contribution < -0.4 is 10.1 Å². The first-order valence-corrected chi connectivity index (χ1v) is 10.5. The van der Waals surface area contributed by atoms with Crippen molar-refractivity contribution >= 4 is 27.3 Å². The summed E-state index contributed by atoms with van der Waals surface area (Å²) in [5.41, 5.74) is 1.82. The van der Waals surface area contributed by atoms with Gasteiger partial charge in [-0.1, -0.05) is 36.4 Å². The second kappa shape index (κ2) is 7.57. The average Bonchev–Trinajstić information content (AvgIpc) is 3.42. The van der Waals surface area contributed by atoms with Crippen molar-refractivity contribution in [3.05, 3.63) is 65.0 Å². The van der Waals surface area contributed by atoms with E-state index in [9.17, 15) is 4.79 Å². The Bertz CT molecular complexity index is 991. The highest BCUT2D eigenvalue weighted by atomic mass is 32.1. The number of ether oxygens (including phenoxy) is 1. The molecule has 0 aliphatic heterocycles. The van der Waals surface area contributed by atoms with Crippen LogP contribution in [0.25, 0.3) is 10.1 Å². The lowest BCUT2D eigenvalue weighted by molar-refractivity contribution is -0.123. The van der Waals surface area contributed by atoms with E-state index in [0.29, 0.717) is 6.54 Å². The van der Waals surface area contributed by atoms with E-state index in [1.54, 1.807) is 18.4 Å². The van der Waals surface area contributed by atoms with Gasteiger partial charge in [0.2, 0.25) is 5.91 Å². The first-order valence-electron chi connectivity index (χ1n) is 9.61. The Balaban J connectivity index is 1.54. The van der Waals surface area contributed by atoms with Gasteiger partial charge < -0.3 is 15.0 Å². The van der Waals surface area contributed by atoms with Crippen LogP contribution in [0.5, 0.6) is 5.75 Å². The molecule has 0 radical (unpaired) electrons. The number of fused-ring (bicyclic) bond motifs is 1. The van der Waals surface area contributed by atoms with Crippen LogP contribution in [0.4, 0.5) is 0 Å². The summed E-state index contributed by atoms with van der Waals surface area (Å²) in [6.07, 6.45) is 1.74. The standard InChI is InChI=1S/C23H26N2O2S/c1-25(2)19(17-15-28-21-11-7-4-8-16(17)21)14-24-22(26)23(12-13-23)18-9-5-6-10-20(18)27-3/h4-11,15,19H,12-14H2,1-3H3,(H,24,26). The van der Waals surface area contributed by atoms with Gasteiger partial charge in [0.25, 0.3) is 0 Å². The zero-order valence-electron chi connectivity index (χ0n) is 16.6. The minimum Gasteiger partial charge on any atom is -0.496 e. The monoisotopic (exact) mass is 394 g/mol. The normalized spacial score (nSPS) is 16.1. The molecule has 1 atom stereocenters. The van der Waals surface area contributed by atoms with E-state index in [1.807, 2.05) is 24.3 Å². The molecule has 0 spiro atoms.